The van der Waals surface area contributed by atoms with Crippen LogP contribution in [0.25, 0.3) is 0 Å². The topological polar surface area (TPSA) is 83.1 Å². The Morgan fingerprint density at radius 1 is 0.833 bits per heavy atom. The summed E-state index contributed by atoms with van der Waals surface area (Å²) in [6.45, 7) is 5.13. The summed E-state index contributed by atoms with van der Waals surface area (Å²) in [5.41, 5.74) is 5.96. The lowest BCUT2D eigenvalue weighted by Crippen LogP contribution is -2.23. The molecule has 164 valence electrons. The van der Waals surface area contributed by atoms with E-state index in [-0.39, 0.29) is 11.8 Å². The number of benzene rings is 1. The number of nitrogens with one attached hydrogen (secondary N) is 3. The maximum Gasteiger partial charge on any atom is 0.216 e. The third-order valence-electron chi connectivity index (χ3n) is 4.86. The molecule has 3 N–H and O–H groups in total. The minimum absolute atomic E-state index is 0.00463. The molecule has 0 spiro atoms. The van der Waals surface area contributed by atoms with E-state index < -0.39 is 0 Å². The Kier molecular flexibility index (Phi) is 12.8. The summed E-state index contributed by atoms with van der Waals surface area (Å²) in [7, 11) is 3.20. The van der Waals surface area contributed by atoms with Crippen LogP contribution in [-0.2, 0) is 35.4 Å². The van der Waals surface area contributed by atoms with Crippen molar-refractivity contribution in [2.75, 3.05) is 20.6 Å². The van der Waals surface area contributed by atoms with Crippen molar-refractivity contribution in [2.45, 2.75) is 52.5 Å². The van der Waals surface area contributed by atoms with Crippen LogP contribution < -0.4 is 16.0 Å². The quantitative estimate of drug-likeness (QED) is 0.621. The van der Waals surface area contributed by atoms with E-state index in [4.69, 9.17) is 0 Å². The van der Waals surface area contributed by atoms with Gasteiger partial charge in [-0.25, -0.2) is 0 Å². The van der Waals surface area contributed by atoms with Crippen molar-refractivity contribution in [3.05, 3.63) is 65.0 Å². The van der Waals surface area contributed by atoms with Gasteiger partial charge in [-0.1, -0.05) is 24.3 Å². The number of rotatable bonds is 0. The van der Waals surface area contributed by atoms with E-state index in [9.17, 15) is 9.59 Å². The van der Waals surface area contributed by atoms with Crippen LogP contribution in [0.1, 0.15) is 48.9 Å². The molecule has 2 aromatic rings. The van der Waals surface area contributed by atoms with Crippen LogP contribution in [0, 0.1) is 0 Å². The summed E-state index contributed by atoms with van der Waals surface area (Å²) >= 11 is 0. The van der Waals surface area contributed by atoms with Crippen molar-refractivity contribution in [1.82, 2.24) is 20.9 Å². The molecule has 2 aliphatic rings. The number of fused-ring (bicyclic) bond motifs is 2. The molecule has 2 heterocycles. The number of aromatic nitrogens is 1. The van der Waals surface area contributed by atoms with Crippen LogP contribution in [0.4, 0.5) is 0 Å². The lowest BCUT2D eigenvalue weighted by molar-refractivity contribution is -0.119. The molecule has 4 rings (SSSR count). The van der Waals surface area contributed by atoms with Crippen molar-refractivity contribution in [2.24, 2.45) is 0 Å². The van der Waals surface area contributed by atoms with Gasteiger partial charge in [0.1, 0.15) is 0 Å². The summed E-state index contributed by atoms with van der Waals surface area (Å²) in [6.07, 6.45) is 10.3. The van der Waals surface area contributed by atoms with E-state index in [1.807, 2.05) is 12.4 Å². The van der Waals surface area contributed by atoms with Gasteiger partial charge in [-0.3, -0.25) is 14.6 Å². The summed E-state index contributed by atoms with van der Waals surface area (Å²) in [4.78, 5) is 23.5. The van der Waals surface area contributed by atoms with E-state index in [0.717, 1.165) is 13.1 Å². The second kappa shape index (κ2) is 15.2. The predicted molar refractivity (Wildman–Crippen MR) is 122 cm³/mol. The van der Waals surface area contributed by atoms with Gasteiger partial charge in [0.05, 0.1) is 0 Å². The number of aryl methyl sites for hydroxylation is 2. The monoisotopic (exact) mass is 412 g/mol. The second-order valence-corrected chi connectivity index (χ2v) is 7.16. The first-order chi connectivity index (χ1) is 14.5. The first-order valence-electron chi connectivity index (χ1n) is 10.5. The van der Waals surface area contributed by atoms with Gasteiger partial charge in [-0.15, -0.1) is 0 Å². The highest BCUT2D eigenvalue weighted by molar-refractivity contribution is 5.72. The normalized spacial score (nSPS) is 13.2. The van der Waals surface area contributed by atoms with Crippen molar-refractivity contribution in [3.63, 3.8) is 0 Å². The zero-order valence-corrected chi connectivity index (χ0v) is 18.8. The molecule has 0 saturated heterocycles. The maximum absolute atomic E-state index is 9.70. The fourth-order valence-electron chi connectivity index (χ4n) is 2.98. The zero-order chi connectivity index (χ0) is 22.2. The van der Waals surface area contributed by atoms with Crippen LogP contribution in [-0.4, -0.2) is 37.4 Å². The van der Waals surface area contributed by atoms with Crippen LogP contribution in [0.3, 0.4) is 0 Å². The molecule has 0 unspecified atom stereocenters. The fourth-order valence-corrected chi connectivity index (χ4v) is 2.98. The third kappa shape index (κ3) is 10.7. The molecule has 6 nitrogen and oxygen atoms in total. The Morgan fingerprint density at radius 3 is 1.90 bits per heavy atom. The number of nitrogens with zero attached hydrogens (tertiary/aromatic N) is 1. The molecule has 1 aromatic heterocycles. The molecule has 1 aliphatic heterocycles. The van der Waals surface area contributed by atoms with Crippen molar-refractivity contribution >= 4 is 11.8 Å². The fraction of sp³-hybridized carbons (Fsp3) is 0.458. The molecule has 2 amide bonds. The highest BCUT2D eigenvalue weighted by Crippen LogP contribution is 2.18. The summed E-state index contributed by atoms with van der Waals surface area (Å²) in [5.74, 6) is 0.00926. The third-order valence-corrected chi connectivity index (χ3v) is 4.86. The van der Waals surface area contributed by atoms with Crippen LogP contribution in [0.2, 0.25) is 0 Å². The Bertz CT molecular complexity index is 662. The van der Waals surface area contributed by atoms with E-state index >= 15 is 0 Å². The first kappa shape index (κ1) is 25.3. The number of amides is 2. The number of pyridine rings is 1. The summed E-state index contributed by atoms with van der Waals surface area (Å²) < 4.78 is 0. The Labute approximate surface area is 180 Å². The van der Waals surface area contributed by atoms with Gasteiger partial charge < -0.3 is 16.0 Å². The maximum atomic E-state index is 9.70. The molecule has 0 radical (unpaired) electrons. The molecular weight excluding hydrogens is 376 g/mol. The Hall–Kier alpha value is -2.73. The van der Waals surface area contributed by atoms with E-state index in [1.165, 1.54) is 68.2 Å². The van der Waals surface area contributed by atoms with Gasteiger partial charge in [0.2, 0.25) is 11.8 Å². The molecule has 0 bridgehead atoms. The predicted octanol–water partition coefficient (Wildman–Crippen LogP) is 2.80. The molecular formula is C24H36N4O2. The van der Waals surface area contributed by atoms with Crippen molar-refractivity contribution < 1.29 is 9.59 Å². The lowest BCUT2D eigenvalue weighted by atomic mass is 9.94. The van der Waals surface area contributed by atoms with E-state index in [0.29, 0.717) is 0 Å². The average Bonchev–Trinajstić information content (AvgIpc) is 2.80. The highest BCUT2D eigenvalue weighted by atomic mass is 16.1. The average molecular weight is 413 g/mol. The molecule has 0 fully saturated rings. The molecule has 1 aromatic carbocycles. The Morgan fingerprint density at radius 2 is 1.37 bits per heavy atom. The van der Waals surface area contributed by atoms with Crippen LogP contribution in [0.15, 0.2) is 42.7 Å². The van der Waals surface area contributed by atoms with Gasteiger partial charge in [-0.2, -0.15) is 0 Å². The second-order valence-electron chi connectivity index (χ2n) is 7.16. The molecule has 0 saturated carbocycles. The van der Waals surface area contributed by atoms with Gasteiger partial charge in [0.25, 0.3) is 0 Å². The molecule has 0 atom stereocenters. The highest BCUT2D eigenvalue weighted by Gasteiger charge is 2.07. The van der Waals surface area contributed by atoms with Gasteiger partial charge >= 0.3 is 0 Å². The van der Waals surface area contributed by atoms with Crippen LogP contribution >= 0.6 is 0 Å². The van der Waals surface area contributed by atoms with Gasteiger partial charge in [-0.05, 0) is 67.0 Å². The SMILES string of the molecule is CNC(C)=O.CNC(C)=O.c1cc2c(cn1)CCCC2.c1ccc2c(c1)CCNC2. The number of carbonyl (C=O) groups is 2. The van der Waals surface area contributed by atoms with E-state index in [2.05, 4.69) is 51.3 Å². The van der Waals surface area contributed by atoms with E-state index in [1.54, 1.807) is 14.1 Å². The largest absolute Gasteiger partial charge is 0.359 e. The minimum atomic E-state index is 0.00463. The zero-order valence-electron chi connectivity index (χ0n) is 18.8. The lowest BCUT2D eigenvalue weighted by Gasteiger charge is -2.15. The smallest absolute Gasteiger partial charge is 0.216 e. The van der Waals surface area contributed by atoms with Crippen molar-refractivity contribution in [1.29, 1.82) is 0 Å². The first-order valence-corrected chi connectivity index (χ1v) is 10.5. The number of carbonyl (C=O) groups excluding carboxylic acids is 2. The molecule has 1 aliphatic carbocycles. The summed E-state index contributed by atoms with van der Waals surface area (Å²) in [6, 6.07) is 10.8. The number of hydrogen-bond acceptors (Lipinski definition) is 4. The van der Waals surface area contributed by atoms with Crippen molar-refractivity contribution in [3.8, 4) is 0 Å². The minimum Gasteiger partial charge on any atom is -0.359 e. The van der Waals surface area contributed by atoms with Gasteiger partial charge in [0, 0.05) is 46.9 Å². The Balaban J connectivity index is 0.000000213. The van der Waals surface area contributed by atoms with Gasteiger partial charge in [0.15, 0.2) is 0 Å². The van der Waals surface area contributed by atoms with Crippen LogP contribution in [0.5, 0.6) is 0 Å². The molecule has 6 heteroatoms. The molecule has 30 heavy (non-hydrogen) atoms. The standard InChI is InChI=1S/2C9H11N.2C3H7NO/c2*1-2-4-9-7-10-6-5-8(9)3-1;2*1-3(5)4-2/h5-7H,1-4H2;1-4,10H,5-7H2;2*1-2H3,(H,4,5). The summed E-state index contributed by atoms with van der Waals surface area (Å²) in [5, 5.41) is 8.12. The number of hydrogen-bond donors (Lipinski definition) is 3.